The van der Waals surface area contributed by atoms with Gasteiger partial charge in [0.15, 0.2) is 0 Å². The van der Waals surface area contributed by atoms with Crippen LogP contribution in [-0.4, -0.2) is 11.1 Å². The molecule has 3 unspecified atom stereocenters. The van der Waals surface area contributed by atoms with E-state index in [1.54, 1.807) is 6.07 Å². The van der Waals surface area contributed by atoms with Crippen LogP contribution in [0.15, 0.2) is 24.3 Å². The zero-order valence-corrected chi connectivity index (χ0v) is 16.5. The van der Waals surface area contributed by atoms with Crippen molar-refractivity contribution in [3.63, 3.8) is 0 Å². The molecular formula is C24H25F3O2. The third-order valence-corrected chi connectivity index (χ3v) is 6.80. The van der Waals surface area contributed by atoms with E-state index in [0.717, 1.165) is 36.5 Å². The van der Waals surface area contributed by atoms with Crippen LogP contribution in [0, 0.1) is 29.3 Å². The molecule has 2 aromatic carbocycles. The molecule has 0 saturated heterocycles. The van der Waals surface area contributed by atoms with Crippen molar-refractivity contribution < 1.29 is 23.1 Å². The van der Waals surface area contributed by atoms with Gasteiger partial charge in [0.2, 0.25) is 0 Å². The van der Waals surface area contributed by atoms with Crippen molar-refractivity contribution in [1.29, 1.82) is 0 Å². The molecule has 2 aliphatic rings. The number of carboxylic acids is 1. The highest BCUT2D eigenvalue weighted by atomic mass is 19.1. The van der Waals surface area contributed by atoms with Crippen LogP contribution in [0.4, 0.5) is 13.2 Å². The van der Waals surface area contributed by atoms with Crippen LogP contribution in [0.25, 0.3) is 11.1 Å². The van der Waals surface area contributed by atoms with E-state index in [1.807, 2.05) is 6.07 Å². The average molecular weight is 402 g/mol. The summed E-state index contributed by atoms with van der Waals surface area (Å²) < 4.78 is 43.5. The predicted octanol–water partition coefficient (Wildman–Crippen LogP) is 6.72. The zero-order valence-electron chi connectivity index (χ0n) is 16.5. The first kappa shape index (κ1) is 20.0. The molecule has 3 atom stereocenters. The molecule has 4 rings (SSSR count). The van der Waals surface area contributed by atoms with E-state index < -0.39 is 29.0 Å². The highest BCUT2D eigenvalue weighted by Gasteiger charge is 2.36. The monoisotopic (exact) mass is 402 g/mol. The molecule has 2 aromatic rings. The molecule has 1 fully saturated rings. The molecule has 0 heterocycles. The summed E-state index contributed by atoms with van der Waals surface area (Å²) in [6.45, 7) is 2.22. The Morgan fingerprint density at radius 3 is 2.48 bits per heavy atom. The van der Waals surface area contributed by atoms with Crippen LogP contribution in [0.3, 0.4) is 0 Å². The maximum Gasteiger partial charge on any atom is 0.341 e. The molecule has 0 aromatic heterocycles. The van der Waals surface area contributed by atoms with Crippen LogP contribution in [0.1, 0.15) is 72.9 Å². The van der Waals surface area contributed by atoms with E-state index in [2.05, 4.69) is 6.92 Å². The van der Waals surface area contributed by atoms with Crippen molar-refractivity contribution in [3.05, 3.63) is 58.4 Å². The van der Waals surface area contributed by atoms with Gasteiger partial charge in [0, 0.05) is 5.56 Å². The zero-order chi connectivity index (χ0) is 20.7. The molecular weight excluding hydrogens is 377 g/mol. The average Bonchev–Trinajstić information content (AvgIpc) is 2.67. The normalized spacial score (nSPS) is 23.4. The number of rotatable bonds is 4. The Labute approximate surface area is 168 Å². The van der Waals surface area contributed by atoms with Gasteiger partial charge in [-0.3, -0.25) is 0 Å². The van der Waals surface area contributed by atoms with Crippen LogP contribution in [0.2, 0.25) is 0 Å². The smallest absolute Gasteiger partial charge is 0.341 e. The standard InChI is InChI=1S/C24H25F3O2/c1-2-3-13-4-6-16-14(10-13)5-7-19-18(16)9-8-17(23(19)27)15-11-20(25)22(24(28)29)21(26)12-15/h8-9,11-14,16H,2-7,10H2,1H3,(H,28,29). The number of halogens is 3. The van der Waals surface area contributed by atoms with Gasteiger partial charge in [-0.05, 0) is 78.7 Å². The Morgan fingerprint density at radius 2 is 1.83 bits per heavy atom. The first-order chi connectivity index (χ1) is 13.9. The minimum Gasteiger partial charge on any atom is -0.477 e. The topological polar surface area (TPSA) is 37.3 Å². The van der Waals surface area contributed by atoms with Gasteiger partial charge in [-0.15, -0.1) is 0 Å². The molecule has 29 heavy (non-hydrogen) atoms. The number of fused-ring (bicyclic) bond motifs is 3. The summed E-state index contributed by atoms with van der Waals surface area (Å²) in [7, 11) is 0. The fraction of sp³-hybridized carbons (Fsp3) is 0.458. The molecule has 0 bridgehead atoms. The van der Waals surface area contributed by atoms with Gasteiger partial charge in [-0.2, -0.15) is 0 Å². The van der Waals surface area contributed by atoms with E-state index in [1.165, 1.54) is 25.7 Å². The van der Waals surface area contributed by atoms with E-state index in [4.69, 9.17) is 5.11 Å². The molecule has 1 N–H and O–H groups in total. The van der Waals surface area contributed by atoms with Crippen molar-refractivity contribution in [2.45, 2.75) is 57.8 Å². The second kappa shape index (κ2) is 7.85. The second-order valence-corrected chi connectivity index (χ2v) is 8.49. The van der Waals surface area contributed by atoms with Gasteiger partial charge in [-0.25, -0.2) is 18.0 Å². The molecule has 0 amide bonds. The minimum absolute atomic E-state index is 0.0269. The summed E-state index contributed by atoms with van der Waals surface area (Å²) >= 11 is 0. The first-order valence-corrected chi connectivity index (χ1v) is 10.4. The third-order valence-electron chi connectivity index (χ3n) is 6.80. The van der Waals surface area contributed by atoms with Gasteiger partial charge < -0.3 is 5.11 Å². The molecule has 2 nitrogen and oxygen atoms in total. The van der Waals surface area contributed by atoms with Crippen LogP contribution >= 0.6 is 0 Å². The number of aromatic carboxylic acids is 1. The highest BCUT2D eigenvalue weighted by molar-refractivity contribution is 5.89. The van der Waals surface area contributed by atoms with Gasteiger partial charge in [-0.1, -0.05) is 31.9 Å². The fourth-order valence-electron chi connectivity index (χ4n) is 5.48. The molecule has 0 aliphatic heterocycles. The second-order valence-electron chi connectivity index (χ2n) is 8.49. The lowest BCUT2D eigenvalue weighted by molar-refractivity contribution is 0.0686. The van der Waals surface area contributed by atoms with Crippen molar-refractivity contribution in [3.8, 4) is 11.1 Å². The van der Waals surface area contributed by atoms with E-state index >= 15 is 4.39 Å². The summed E-state index contributed by atoms with van der Waals surface area (Å²) in [4.78, 5) is 11.0. The summed E-state index contributed by atoms with van der Waals surface area (Å²) in [6, 6.07) is 5.30. The third kappa shape index (κ3) is 3.56. The first-order valence-electron chi connectivity index (χ1n) is 10.4. The SMILES string of the molecule is CCCC1CCC2c3ccc(-c4cc(F)c(C(=O)O)c(F)c4)c(F)c3CCC2C1. The number of hydrogen-bond donors (Lipinski definition) is 1. The highest BCUT2D eigenvalue weighted by Crippen LogP contribution is 2.49. The Bertz CT molecular complexity index is 930. The molecule has 154 valence electrons. The van der Waals surface area contributed by atoms with Crippen molar-refractivity contribution >= 4 is 5.97 Å². The quantitative estimate of drug-likeness (QED) is 0.617. The molecule has 2 aliphatic carbocycles. The molecule has 0 spiro atoms. The van der Waals surface area contributed by atoms with Crippen molar-refractivity contribution in [2.75, 3.05) is 0 Å². The van der Waals surface area contributed by atoms with Gasteiger partial charge in [0.25, 0.3) is 0 Å². The molecule has 1 saturated carbocycles. The number of carboxylic acid groups (broad SMARTS) is 1. The summed E-state index contributed by atoms with van der Waals surface area (Å²) in [6.07, 6.45) is 7.47. The Balaban J connectivity index is 1.68. The predicted molar refractivity (Wildman–Crippen MR) is 106 cm³/mol. The van der Waals surface area contributed by atoms with Gasteiger partial charge >= 0.3 is 5.97 Å². The Morgan fingerprint density at radius 1 is 1.10 bits per heavy atom. The molecule has 5 heteroatoms. The summed E-state index contributed by atoms with van der Waals surface area (Å²) in [5.41, 5.74) is 0.829. The van der Waals surface area contributed by atoms with Crippen molar-refractivity contribution in [1.82, 2.24) is 0 Å². The maximum atomic E-state index is 15.4. The van der Waals surface area contributed by atoms with Crippen LogP contribution in [-0.2, 0) is 6.42 Å². The fourth-order valence-corrected chi connectivity index (χ4v) is 5.48. The number of carbonyl (C=O) groups is 1. The largest absolute Gasteiger partial charge is 0.477 e. The van der Waals surface area contributed by atoms with Gasteiger partial charge in [0.05, 0.1) is 0 Å². The Hall–Kier alpha value is -2.30. The van der Waals surface area contributed by atoms with Crippen LogP contribution in [0.5, 0.6) is 0 Å². The Kier molecular flexibility index (Phi) is 5.41. The minimum atomic E-state index is -1.68. The van der Waals surface area contributed by atoms with Gasteiger partial charge in [0.1, 0.15) is 23.0 Å². The van der Waals surface area contributed by atoms with E-state index in [0.29, 0.717) is 23.8 Å². The maximum absolute atomic E-state index is 15.4. The lowest BCUT2D eigenvalue weighted by Crippen LogP contribution is -2.28. The lowest BCUT2D eigenvalue weighted by Gasteiger charge is -2.41. The summed E-state index contributed by atoms with van der Waals surface area (Å²) in [5.74, 6) is -2.79. The lowest BCUT2D eigenvalue weighted by atomic mass is 9.64. The van der Waals surface area contributed by atoms with E-state index in [9.17, 15) is 13.6 Å². The molecule has 0 radical (unpaired) electrons. The number of benzene rings is 2. The van der Waals surface area contributed by atoms with Crippen LogP contribution < -0.4 is 0 Å². The number of hydrogen-bond acceptors (Lipinski definition) is 1. The van der Waals surface area contributed by atoms with Crippen molar-refractivity contribution in [2.24, 2.45) is 11.8 Å². The summed E-state index contributed by atoms with van der Waals surface area (Å²) in [5, 5.41) is 8.93. The van der Waals surface area contributed by atoms with E-state index in [-0.39, 0.29) is 11.1 Å².